The molecule has 0 spiro atoms. The molecule has 0 amide bonds. The summed E-state index contributed by atoms with van der Waals surface area (Å²) >= 11 is 0.750. The highest BCUT2D eigenvalue weighted by atomic mass is 32.1. The second-order valence-electron chi connectivity index (χ2n) is 4.95. The van der Waals surface area contributed by atoms with E-state index in [-0.39, 0.29) is 9.75 Å². The van der Waals surface area contributed by atoms with Crippen LogP contribution in [0.1, 0.15) is 45.0 Å². The van der Waals surface area contributed by atoms with Crippen LogP contribution >= 0.6 is 11.3 Å². The van der Waals surface area contributed by atoms with E-state index in [0.29, 0.717) is 12.8 Å². The van der Waals surface area contributed by atoms with Crippen molar-refractivity contribution in [1.82, 2.24) is 0 Å². The third kappa shape index (κ3) is 5.37. The highest BCUT2D eigenvalue weighted by Gasteiger charge is 2.35. The summed E-state index contributed by atoms with van der Waals surface area (Å²) < 4.78 is 0. The molecule has 1 aromatic rings. The molecule has 0 aromatic carbocycles. The minimum Gasteiger partial charge on any atom is -0.481 e. The number of hydrogen-bond acceptors (Lipinski definition) is 5. The fraction of sp³-hybridized carbons (Fsp3) is 0.429. The molecule has 0 aliphatic heterocycles. The van der Waals surface area contributed by atoms with Crippen molar-refractivity contribution in [2.75, 3.05) is 0 Å². The quantitative estimate of drug-likeness (QED) is 0.648. The Kier molecular flexibility index (Phi) is 6.70. The van der Waals surface area contributed by atoms with Gasteiger partial charge in [0.05, 0.1) is 11.8 Å². The van der Waals surface area contributed by atoms with E-state index in [1.165, 1.54) is 12.1 Å². The standard InChI is InChI=1S/C8H12O4.C6H4O4S/c9-7(10)5-3-1-2-4-6(5)8(11)12;7-5(8)3-1-2-4(11-3)6(9)10/h5-6H,1-4H2,(H,9,10)(H,11,12);1-2H,(H,7,8)(H,9,10). The van der Waals surface area contributed by atoms with Crippen LogP contribution in [0.5, 0.6) is 0 Å². The fourth-order valence-corrected chi connectivity index (χ4v) is 2.97. The van der Waals surface area contributed by atoms with Gasteiger partial charge in [-0.15, -0.1) is 11.3 Å². The van der Waals surface area contributed by atoms with Gasteiger partial charge in [0, 0.05) is 0 Å². The number of thiophene rings is 1. The first kappa shape index (κ1) is 18.6. The summed E-state index contributed by atoms with van der Waals surface area (Å²) in [7, 11) is 0. The van der Waals surface area contributed by atoms with E-state index in [1.807, 2.05) is 0 Å². The molecule has 2 atom stereocenters. The minimum absolute atomic E-state index is 0.0439. The van der Waals surface area contributed by atoms with Crippen LogP contribution < -0.4 is 0 Å². The van der Waals surface area contributed by atoms with Crippen molar-refractivity contribution in [1.29, 1.82) is 0 Å². The molecule has 2 unspecified atom stereocenters. The Hall–Kier alpha value is -2.42. The number of aliphatic carboxylic acids is 2. The van der Waals surface area contributed by atoms with Gasteiger partial charge in [0.2, 0.25) is 0 Å². The van der Waals surface area contributed by atoms with Crippen molar-refractivity contribution in [3.8, 4) is 0 Å². The highest BCUT2D eigenvalue weighted by molar-refractivity contribution is 7.15. The maximum Gasteiger partial charge on any atom is 0.345 e. The van der Waals surface area contributed by atoms with Gasteiger partial charge in [-0.1, -0.05) is 12.8 Å². The summed E-state index contributed by atoms with van der Waals surface area (Å²) in [4.78, 5) is 41.8. The van der Waals surface area contributed by atoms with E-state index in [1.54, 1.807) is 0 Å². The van der Waals surface area contributed by atoms with E-state index in [4.69, 9.17) is 20.4 Å². The first-order valence-electron chi connectivity index (χ1n) is 6.76. The van der Waals surface area contributed by atoms with E-state index < -0.39 is 35.7 Å². The molecule has 23 heavy (non-hydrogen) atoms. The van der Waals surface area contributed by atoms with Crippen LogP contribution in [0.4, 0.5) is 0 Å². The van der Waals surface area contributed by atoms with E-state index in [9.17, 15) is 19.2 Å². The number of carboxylic acids is 4. The molecule has 1 aliphatic carbocycles. The van der Waals surface area contributed by atoms with Gasteiger partial charge in [-0.3, -0.25) is 9.59 Å². The van der Waals surface area contributed by atoms with Gasteiger partial charge in [-0.05, 0) is 25.0 Å². The van der Waals surface area contributed by atoms with Gasteiger partial charge < -0.3 is 20.4 Å². The lowest BCUT2D eigenvalue weighted by molar-refractivity contribution is -0.155. The molecule has 8 nitrogen and oxygen atoms in total. The molecule has 0 radical (unpaired) electrons. The molecule has 1 saturated carbocycles. The van der Waals surface area contributed by atoms with Crippen molar-refractivity contribution in [2.24, 2.45) is 11.8 Å². The van der Waals surface area contributed by atoms with Gasteiger partial charge in [0.15, 0.2) is 0 Å². The van der Waals surface area contributed by atoms with Crippen LogP contribution in [0, 0.1) is 11.8 Å². The molecule has 1 aromatic heterocycles. The lowest BCUT2D eigenvalue weighted by Crippen LogP contribution is -2.32. The van der Waals surface area contributed by atoms with Gasteiger partial charge in [0.1, 0.15) is 9.75 Å². The summed E-state index contributed by atoms with van der Waals surface area (Å²) in [6.45, 7) is 0. The Bertz CT molecular complexity index is 555. The third-order valence-corrected chi connectivity index (χ3v) is 4.49. The molecule has 9 heteroatoms. The molecular formula is C14H16O8S. The van der Waals surface area contributed by atoms with Crippen molar-refractivity contribution in [2.45, 2.75) is 25.7 Å². The highest BCUT2D eigenvalue weighted by Crippen LogP contribution is 2.30. The fourth-order valence-electron chi connectivity index (χ4n) is 2.29. The van der Waals surface area contributed by atoms with Gasteiger partial charge in [-0.2, -0.15) is 0 Å². The van der Waals surface area contributed by atoms with Crippen molar-refractivity contribution < 1.29 is 39.6 Å². The Morgan fingerprint density at radius 1 is 0.783 bits per heavy atom. The molecule has 126 valence electrons. The van der Waals surface area contributed by atoms with E-state index >= 15 is 0 Å². The molecule has 1 heterocycles. The monoisotopic (exact) mass is 344 g/mol. The average molecular weight is 344 g/mol. The van der Waals surface area contributed by atoms with Crippen LogP contribution in [0.15, 0.2) is 12.1 Å². The lowest BCUT2D eigenvalue weighted by atomic mass is 9.79. The summed E-state index contributed by atoms with van der Waals surface area (Å²) in [5, 5.41) is 34.2. The van der Waals surface area contributed by atoms with Crippen LogP contribution in [0.2, 0.25) is 0 Å². The smallest absolute Gasteiger partial charge is 0.345 e. The van der Waals surface area contributed by atoms with Gasteiger partial charge in [0.25, 0.3) is 0 Å². The Balaban J connectivity index is 0.000000231. The van der Waals surface area contributed by atoms with Crippen LogP contribution in [-0.2, 0) is 9.59 Å². The predicted molar refractivity (Wildman–Crippen MR) is 79.0 cm³/mol. The summed E-state index contributed by atoms with van der Waals surface area (Å²) in [5.41, 5.74) is 0. The zero-order valence-electron chi connectivity index (χ0n) is 12.0. The topological polar surface area (TPSA) is 149 Å². The molecular weight excluding hydrogens is 328 g/mol. The maximum atomic E-state index is 10.6. The van der Waals surface area contributed by atoms with Crippen LogP contribution in [-0.4, -0.2) is 44.3 Å². The Morgan fingerprint density at radius 3 is 1.35 bits per heavy atom. The number of aromatic carboxylic acids is 2. The predicted octanol–water partition coefficient (Wildman–Crippen LogP) is 2.11. The van der Waals surface area contributed by atoms with Crippen molar-refractivity contribution >= 4 is 35.2 Å². The summed E-state index contributed by atoms with van der Waals surface area (Å²) in [6, 6.07) is 2.55. The first-order chi connectivity index (χ1) is 10.7. The summed E-state index contributed by atoms with van der Waals surface area (Å²) in [6.07, 6.45) is 2.68. The Morgan fingerprint density at radius 2 is 1.13 bits per heavy atom. The second kappa shape index (κ2) is 8.28. The SMILES string of the molecule is O=C(O)C1CCCCC1C(=O)O.O=C(O)c1ccc(C(=O)O)s1. The Labute approximate surface area is 135 Å². The number of rotatable bonds is 4. The number of carboxylic acid groups (broad SMARTS) is 4. The number of hydrogen-bond donors (Lipinski definition) is 4. The normalized spacial score (nSPS) is 20.0. The average Bonchev–Trinajstić information content (AvgIpc) is 2.98. The van der Waals surface area contributed by atoms with E-state index in [2.05, 4.69) is 0 Å². The lowest BCUT2D eigenvalue weighted by Gasteiger charge is -2.24. The summed E-state index contributed by atoms with van der Waals surface area (Å²) in [5.74, 6) is -5.47. The van der Waals surface area contributed by atoms with Crippen LogP contribution in [0.25, 0.3) is 0 Å². The zero-order valence-corrected chi connectivity index (χ0v) is 12.8. The van der Waals surface area contributed by atoms with Crippen molar-refractivity contribution in [3.05, 3.63) is 21.9 Å². The van der Waals surface area contributed by atoms with Crippen molar-refractivity contribution in [3.63, 3.8) is 0 Å². The van der Waals surface area contributed by atoms with Gasteiger partial charge in [-0.25, -0.2) is 9.59 Å². The molecule has 2 rings (SSSR count). The molecule has 4 N–H and O–H groups in total. The molecule has 1 aliphatic rings. The van der Waals surface area contributed by atoms with Crippen LogP contribution in [0.3, 0.4) is 0 Å². The van der Waals surface area contributed by atoms with Gasteiger partial charge >= 0.3 is 23.9 Å². The minimum atomic E-state index is -1.09. The maximum absolute atomic E-state index is 10.6. The molecule has 0 bridgehead atoms. The molecule has 0 saturated heterocycles. The first-order valence-corrected chi connectivity index (χ1v) is 7.57. The second-order valence-corrected chi connectivity index (χ2v) is 6.03. The third-order valence-electron chi connectivity index (χ3n) is 3.43. The van der Waals surface area contributed by atoms with E-state index in [0.717, 1.165) is 24.2 Å². The zero-order chi connectivity index (χ0) is 17.6. The molecule has 1 fully saturated rings. The number of carbonyl (C=O) groups is 4. The largest absolute Gasteiger partial charge is 0.481 e.